The van der Waals surface area contributed by atoms with Gasteiger partial charge in [-0.25, -0.2) is 0 Å². The minimum absolute atomic E-state index is 0.491. The van der Waals surface area contributed by atoms with Crippen LogP contribution >= 0.6 is 0 Å². The molecule has 0 heterocycles. The molecule has 0 spiro atoms. The SMILES string of the molecule is c1ccc(C2(c3ccccc3)c3ccccc3-c3cc4c5cccc6c5c(cc4c4cccc2c34)-c2ccccc2C6(c2ccccc2)c2ccccc2)cc1. The van der Waals surface area contributed by atoms with Gasteiger partial charge in [-0.2, -0.15) is 0 Å². The van der Waals surface area contributed by atoms with Gasteiger partial charge in [-0.15, -0.1) is 0 Å². The summed E-state index contributed by atoms with van der Waals surface area (Å²) in [5, 5.41) is 7.85. The van der Waals surface area contributed by atoms with Crippen molar-refractivity contribution in [2.75, 3.05) is 0 Å². The topological polar surface area (TPSA) is 0 Å². The highest BCUT2D eigenvalue weighted by atomic mass is 14.5. The van der Waals surface area contributed by atoms with Gasteiger partial charge in [-0.3, -0.25) is 0 Å². The highest BCUT2D eigenvalue weighted by molar-refractivity contribution is 6.26. The second-order valence-electron chi connectivity index (χ2n) is 15.5. The fraction of sp³-hybridized carbons (Fsp3) is 0.0357. The van der Waals surface area contributed by atoms with Gasteiger partial charge in [0.1, 0.15) is 0 Å². The van der Waals surface area contributed by atoms with Gasteiger partial charge in [-0.1, -0.05) is 206 Å². The number of hydrogen-bond donors (Lipinski definition) is 0. The van der Waals surface area contributed by atoms with E-state index >= 15 is 0 Å². The van der Waals surface area contributed by atoms with Crippen LogP contribution in [0.3, 0.4) is 0 Å². The molecule has 0 heteroatoms. The summed E-state index contributed by atoms with van der Waals surface area (Å²) in [6, 6.07) is 82.0. The standard InChI is InChI=1S/C56H36/c1-5-19-37(20-6-1)55(38-21-7-2-8-22-38)49-31-15-13-27-41(49)47-35-46-44-30-18-34-52-54(44)48(36-45(46)43-29-17-33-51(55)53(43)47)42-28-14-16-32-50(42)56(52,39-23-9-3-10-24-39)40-25-11-4-12-26-40/h1-36H. The van der Waals surface area contributed by atoms with Crippen molar-refractivity contribution in [3.63, 3.8) is 0 Å². The van der Waals surface area contributed by atoms with Crippen molar-refractivity contribution >= 4 is 32.3 Å². The maximum Gasteiger partial charge on any atom is 0.0713 e. The zero-order chi connectivity index (χ0) is 36.8. The third-order valence-corrected chi connectivity index (χ3v) is 13.0. The van der Waals surface area contributed by atoms with Crippen molar-refractivity contribution in [1.82, 2.24) is 0 Å². The van der Waals surface area contributed by atoms with Crippen LogP contribution in [0.15, 0.2) is 218 Å². The van der Waals surface area contributed by atoms with Gasteiger partial charge in [0.2, 0.25) is 0 Å². The molecule has 0 amide bonds. The Balaban J connectivity index is 1.27. The Bertz CT molecular complexity index is 2860. The minimum atomic E-state index is -0.491. The maximum absolute atomic E-state index is 2.52. The van der Waals surface area contributed by atoms with Crippen molar-refractivity contribution in [2.45, 2.75) is 10.8 Å². The first-order valence-corrected chi connectivity index (χ1v) is 19.7. The van der Waals surface area contributed by atoms with Gasteiger partial charge in [0.25, 0.3) is 0 Å². The quantitative estimate of drug-likeness (QED) is 0.160. The molecule has 0 atom stereocenters. The third-order valence-electron chi connectivity index (χ3n) is 13.0. The van der Waals surface area contributed by atoms with Crippen LogP contribution in [0.2, 0.25) is 0 Å². The maximum atomic E-state index is 2.52. The van der Waals surface area contributed by atoms with E-state index in [-0.39, 0.29) is 0 Å². The first kappa shape index (κ1) is 31.3. The Hall–Kier alpha value is -7.02. The van der Waals surface area contributed by atoms with Gasteiger partial charge >= 0.3 is 0 Å². The van der Waals surface area contributed by atoms with Crippen LogP contribution in [0.5, 0.6) is 0 Å². The van der Waals surface area contributed by atoms with Crippen LogP contribution in [-0.4, -0.2) is 0 Å². The van der Waals surface area contributed by atoms with Crippen molar-refractivity contribution in [3.8, 4) is 22.3 Å². The predicted molar refractivity (Wildman–Crippen MR) is 234 cm³/mol. The van der Waals surface area contributed by atoms with E-state index in [1.54, 1.807) is 0 Å². The lowest BCUT2D eigenvalue weighted by Crippen LogP contribution is -2.34. The van der Waals surface area contributed by atoms with Crippen LogP contribution in [0.25, 0.3) is 54.6 Å². The van der Waals surface area contributed by atoms with E-state index in [1.165, 1.54) is 99.1 Å². The zero-order valence-electron chi connectivity index (χ0n) is 30.8. The molecule has 10 aromatic carbocycles. The third kappa shape index (κ3) is 3.93. The van der Waals surface area contributed by atoms with Gasteiger partial charge in [0.05, 0.1) is 10.8 Å². The number of rotatable bonds is 4. The van der Waals surface area contributed by atoms with Gasteiger partial charge < -0.3 is 0 Å². The second kappa shape index (κ2) is 11.7. The van der Waals surface area contributed by atoms with Crippen LogP contribution in [0.1, 0.15) is 44.5 Å². The Kier molecular flexibility index (Phi) is 6.57. The van der Waals surface area contributed by atoms with Crippen molar-refractivity contribution in [1.29, 1.82) is 0 Å². The molecule has 0 nitrogen and oxygen atoms in total. The monoisotopic (exact) mass is 708 g/mol. The predicted octanol–water partition coefficient (Wildman–Crippen LogP) is 13.9. The molecule has 0 bridgehead atoms. The van der Waals surface area contributed by atoms with E-state index in [4.69, 9.17) is 0 Å². The van der Waals surface area contributed by atoms with Crippen LogP contribution in [0, 0.1) is 0 Å². The molecule has 0 fully saturated rings. The first-order valence-electron chi connectivity index (χ1n) is 19.7. The molecule has 0 unspecified atom stereocenters. The molecule has 10 aromatic rings. The molecule has 0 saturated heterocycles. The fourth-order valence-corrected chi connectivity index (χ4v) is 10.9. The van der Waals surface area contributed by atoms with Crippen LogP contribution in [-0.2, 0) is 10.8 Å². The molecule has 0 saturated carbocycles. The van der Waals surface area contributed by atoms with Crippen molar-refractivity contribution in [3.05, 3.63) is 263 Å². The summed E-state index contributed by atoms with van der Waals surface area (Å²) in [5.41, 5.74) is 14.6. The van der Waals surface area contributed by atoms with Crippen LogP contribution < -0.4 is 0 Å². The van der Waals surface area contributed by atoms with E-state index in [0.717, 1.165) is 0 Å². The Morgan fingerprint density at radius 3 is 0.875 bits per heavy atom. The molecule has 260 valence electrons. The lowest BCUT2D eigenvalue weighted by molar-refractivity contribution is 0.749. The lowest BCUT2D eigenvalue weighted by atomic mass is 9.58. The van der Waals surface area contributed by atoms with E-state index < -0.39 is 10.8 Å². The lowest BCUT2D eigenvalue weighted by Gasteiger charge is -2.43. The number of hydrogen-bond acceptors (Lipinski definition) is 0. The summed E-state index contributed by atoms with van der Waals surface area (Å²) >= 11 is 0. The highest BCUT2D eigenvalue weighted by Gasteiger charge is 2.46. The molecule has 56 heavy (non-hydrogen) atoms. The second-order valence-corrected chi connectivity index (χ2v) is 15.5. The Morgan fingerprint density at radius 2 is 0.518 bits per heavy atom. The largest absolute Gasteiger partial charge is 0.0713 e. The van der Waals surface area contributed by atoms with E-state index in [2.05, 4.69) is 218 Å². The van der Waals surface area contributed by atoms with Crippen LogP contribution in [0.4, 0.5) is 0 Å². The summed E-state index contributed by atoms with van der Waals surface area (Å²) < 4.78 is 0. The summed E-state index contributed by atoms with van der Waals surface area (Å²) in [6.07, 6.45) is 0. The Morgan fingerprint density at radius 1 is 0.214 bits per heavy atom. The summed E-state index contributed by atoms with van der Waals surface area (Å²) in [6.45, 7) is 0. The molecular formula is C56H36. The molecule has 12 rings (SSSR count). The minimum Gasteiger partial charge on any atom is -0.0622 e. The van der Waals surface area contributed by atoms with Gasteiger partial charge in [0.15, 0.2) is 0 Å². The van der Waals surface area contributed by atoms with Gasteiger partial charge in [0, 0.05) is 0 Å². The molecule has 2 aliphatic carbocycles. The van der Waals surface area contributed by atoms with Crippen molar-refractivity contribution < 1.29 is 0 Å². The molecule has 2 aliphatic rings. The highest BCUT2D eigenvalue weighted by Crippen LogP contribution is 2.59. The van der Waals surface area contributed by atoms with Crippen molar-refractivity contribution in [2.24, 2.45) is 0 Å². The van der Waals surface area contributed by atoms with Gasteiger partial charge in [-0.05, 0) is 111 Å². The van der Waals surface area contributed by atoms with E-state index in [0.29, 0.717) is 0 Å². The Labute approximate surface area is 327 Å². The summed E-state index contributed by atoms with van der Waals surface area (Å²) in [7, 11) is 0. The number of benzene rings is 10. The smallest absolute Gasteiger partial charge is 0.0622 e. The average Bonchev–Trinajstić information content (AvgIpc) is 3.28. The first-order chi connectivity index (χ1) is 27.8. The molecule has 0 aromatic heterocycles. The van der Waals surface area contributed by atoms with E-state index in [1.807, 2.05) is 0 Å². The molecule has 0 aliphatic heterocycles. The number of fused-ring (bicyclic) bond motifs is 7. The normalized spacial score (nSPS) is 14.4. The molecular weight excluding hydrogens is 673 g/mol. The molecule has 0 N–H and O–H groups in total. The summed E-state index contributed by atoms with van der Waals surface area (Å²) in [5.74, 6) is 0. The van der Waals surface area contributed by atoms with E-state index in [9.17, 15) is 0 Å². The average molecular weight is 709 g/mol. The summed E-state index contributed by atoms with van der Waals surface area (Å²) in [4.78, 5) is 0. The fourth-order valence-electron chi connectivity index (χ4n) is 10.9. The molecule has 0 radical (unpaired) electrons. The zero-order valence-corrected chi connectivity index (χ0v) is 30.8.